The minimum atomic E-state index is 0.0410. The van der Waals surface area contributed by atoms with Gasteiger partial charge in [0.15, 0.2) is 5.82 Å². The summed E-state index contributed by atoms with van der Waals surface area (Å²) in [5, 5.41) is 9.21. The molecule has 3 aromatic heterocycles. The maximum absolute atomic E-state index is 11.7. The van der Waals surface area contributed by atoms with Crippen LogP contribution in [0, 0.1) is 0 Å². The minimum Gasteiger partial charge on any atom is -0.378 e. The van der Waals surface area contributed by atoms with Crippen LogP contribution in [0.5, 0.6) is 0 Å². The standard InChI is InChI=1S/C21H22N6O2S/c1-13(28)26(2)12-14-10-16-20(27-6-8-29-9-7-27)23-19(24-21(16)30-14)15-4-3-5-18-17(15)11-22-25-18/h3-5,10-11H,6-9,12H2,1-2H3,(H,22,25). The average molecular weight is 423 g/mol. The zero-order chi connectivity index (χ0) is 20.7. The van der Waals surface area contributed by atoms with Crippen molar-refractivity contribution in [1.82, 2.24) is 25.1 Å². The summed E-state index contributed by atoms with van der Waals surface area (Å²) < 4.78 is 5.54. The van der Waals surface area contributed by atoms with Crippen LogP contribution in [-0.2, 0) is 16.1 Å². The SMILES string of the molecule is CC(=O)N(C)Cc1cc2c(N3CCOCC3)nc(-c3cccc4[nH]ncc34)nc2s1. The van der Waals surface area contributed by atoms with Gasteiger partial charge in [-0.15, -0.1) is 11.3 Å². The van der Waals surface area contributed by atoms with E-state index < -0.39 is 0 Å². The summed E-state index contributed by atoms with van der Waals surface area (Å²) in [6, 6.07) is 8.13. The Morgan fingerprint density at radius 3 is 2.90 bits per heavy atom. The first kappa shape index (κ1) is 19.0. The first-order valence-corrected chi connectivity index (χ1v) is 10.7. The molecule has 1 aromatic carbocycles. The monoisotopic (exact) mass is 422 g/mol. The van der Waals surface area contributed by atoms with Gasteiger partial charge in [0.25, 0.3) is 0 Å². The van der Waals surface area contributed by atoms with Crippen molar-refractivity contribution in [2.45, 2.75) is 13.5 Å². The van der Waals surface area contributed by atoms with Gasteiger partial charge in [0.05, 0.1) is 36.9 Å². The Bertz CT molecular complexity index is 1230. The van der Waals surface area contributed by atoms with Crippen molar-refractivity contribution in [1.29, 1.82) is 0 Å². The van der Waals surface area contributed by atoms with E-state index >= 15 is 0 Å². The third-order valence-corrected chi connectivity index (χ3v) is 6.40. The van der Waals surface area contributed by atoms with E-state index in [1.54, 1.807) is 23.2 Å². The third kappa shape index (κ3) is 3.40. The summed E-state index contributed by atoms with van der Waals surface area (Å²) in [6.07, 6.45) is 1.81. The highest BCUT2D eigenvalue weighted by molar-refractivity contribution is 7.18. The number of hydrogen-bond acceptors (Lipinski definition) is 7. The third-order valence-electron chi connectivity index (χ3n) is 5.39. The fourth-order valence-electron chi connectivity index (χ4n) is 3.68. The summed E-state index contributed by atoms with van der Waals surface area (Å²) in [4.78, 5) is 27.6. The normalized spacial score (nSPS) is 14.5. The average Bonchev–Trinajstić information content (AvgIpc) is 3.39. The van der Waals surface area contributed by atoms with Crippen molar-refractivity contribution >= 4 is 44.2 Å². The summed E-state index contributed by atoms with van der Waals surface area (Å²) in [7, 11) is 1.81. The van der Waals surface area contributed by atoms with E-state index in [1.165, 1.54) is 0 Å². The van der Waals surface area contributed by atoms with Gasteiger partial charge in [0, 0.05) is 42.9 Å². The van der Waals surface area contributed by atoms with Crippen molar-refractivity contribution in [3.63, 3.8) is 0 Å². The van der Waals surface area contributed by atoms with E-state index in [-0.39, 0.29) is 5.91 Å². The fourth-order valence-corrected chi connectivity index (χ4v) is 4.75. The number of amides is 1. The number of carbonyl (C=O) groups excluding carboxylic acids is 1. The zero-order valence-corrected chi connectivity index (χ0v) is 17.7. The largest absolute Gasteiger partial charge is 0.378 e. The molecule has 0 saturated carbocycles. The van der Waals surface area contributed by atoms with Gasteiger partial charge in [-0.2, -0.15) is 5.10 Å². The predicted molar refractivity (Wildman–Crippen MR) is 118 cm³/mol. The molecule has 5 rings (SSSR count). The quantitative estimate of drug-likeness (QED) is 0.544. The lowest BCUT2D eigenvalue weighted by atomic mass is 10.1. The number of benzene rings is 1. The summed E-state index contributed by atoms with van der Waals surface area (Å²) in [5.41, 5.74) is 1.91. The smallest absolute Gasteiger partial charge is 0.219 e. The molecular formula is C21H22N6O2S. The van der Waals surface area contributed by atoms with Crippen LogP contribution in [0.3, 0.4) is 0 Å². The van der Waals surface area contributed by atoms with Crippen molar-refractivity contribution in [3.05, 3.63) is 35.3 Å². The van der Waals surface area contributed by atoms with Crippen LogP contribution in [0.2, 0.25) is 0 Å². The Hall–Kier alpha value is -3.04. The highest BCUT2D eigenvalue weighted by Gasteiger charge is 2.21. The number of rotatable bonds is 4. The number of H-pyrrole nitrogens is 1. The molecule has 0 radical (unpaired) electrons. The van der Waals surface area contributed by atoms with E-state index in [4.69, 9.17) is 14.7 Å². The Labute approximate surface area is 177 Å². The van der Waals surface area contributed by atoms with Crippen LogP contribution < -0.4 is 4.90 Å². The Morgan fingerprint density at radius 2 is 2.10 bits per heavy atom. The van der Waals surface area contributed by atoms with Gasteiger partial charge in [-0.1, -0.05) is 12.1 Å². The molecule has 1 fully saturated rings. The molecule has 0 unspecified atom stereocenters. The highest BCUT2D eigenvalue weighted by Crippen LogP contribution is 2.35. The number of ether oxygens (including phenoxy) is 1. The number of nitrogens with one attached hydrogen (secondary N) is 1. The molecule has 4 heterocycles. The van der Waals surface area contributed by atoms with Crippen molar-refractivity contribution < 1.29 is 9.53 Å². The molecule has 9 heteroatoms. The lowest BCUT2D eigenvalue weighted by molar-refractivity contribution is -0.128. The minimum absolute atomic E-state index is 0.0410. The lowest BCUT2D eigenvalue weighted by Gasteiger charge is -2.28. The number of aromatic amines is 1. The maximum Gasteiger partial charge on any atom is 0.219 e. The molecule has 0 atom stereocenters. The molecule has 154 valence electrons. The summed E-state index contributed by atoms with van der Waals surface area (Å²) in [6.45, 7) is 5.09. The second-order valence-electron chi connectivity index (χ2n) is 7.41. The second kappa shape index (κ2) is 7.66. The van der Waals surface area contributed by atoms with Crippen LogP contribution in [0.4, 0.5) is 5.82 Å². The Balaban J connectivity index is 1.66. The van der Waals surface area contributed by atoms with Crippen LogP contribution in [0.15, 0.2) is 30.5 Å². The van der Waals surface area contributed by atoms with Gasteiger partial charge in [-0.05, 0) is 12.1 Å². The van der Waals surface area contributed by atoms with Crippen LogP contribution in [-0.4, -0.2) is 64.3 Å². The van der Waals surface area contributed by atoms with Gasteiger partial charge < -0.3 is 14.5 Å². The molecule has 0 bridgehead atoms. The number of hydrogen-bond donors (Lipinski definition) is 1. The van der Waals surface area contributed by atoms with Crippen molar-refractivity contribution in [2.75, 3.05) is 38.3 Å². The number of aromatic nitrogens is 4. The predicted octanol–water partition coefficient (Wildman–Crippen LogP) is 3.05. The summed E-state index contributed by atoms with van der Waals surface area (Å²) in [5.74, 6) is 1.65. The number of nitrogens with zero attached hydrogens (tertiary/aromatic N) is 5. The molecular weight excluding hydrogens is 400 g/mol. The number of morpholine rings is 1. The van der Waals surface area contributed by atoms with Gasteiger partial charge >= 0.3 is 0 Å². The van der Waals surface area contributed by atoms with E-state index in [0.717, 1.165) is 50.5 Å². The van der Waals surface area contributed by atoms with Crippen LogP contribution >= 0.6 is 11.3 Å². The van der Waals surface area contributed by atoms with E-state index in [9.17, 15) is 4.79 Å². The van der Waals surface area contributed by atoms with Gasteiger partial charge in [0.1, 0.15) is 10.6 Å². The Kier molecular flexibility index (Phi) is 4.84. The molecule has 1 amide bonds. The van der Waals surface area contributed by atoms with E-state index in [0.29, 0.717) is 25.6 Å². The lowest BCUT2D eigenvalue weighted by Crippen LogP contribution is -2.37. The van der Waals surface area contributed by atoms with Gasteiger partial charge in [-0.25, -0.2) is 9.97 Å². The summed E-state index contributed by atoms with van der Waals surface area (Å²) >= 11 is 1.61. The van der Waals surface area contributed by atoms with E-state index in [1.807, 2.05) is 31.4 Å². The molecule has 1 aliphatic heterocycles. The number of carbonyl (C=O) groups is 1. The second-order valence-corrected chi connectivity index (χ2v) is 8.53. The molecule has 30 heavy (non-hydrogen) atoms. The first-order valence-electron chi connectivity index (χ1n) is 9.87. The topological polar surface area (TPSA) is 87.2 Å². The number of anilines is 1. The molecule has 1 N–H and O–H groups in total. The molecule has 1 aliphatic rings. The Morgan fingerprint density at radius 1 is 1.27 bits per heavy atom. The van der Waals surface area contributed by atoms with Gasteiger partial charge in [-0.3, -0.25) is 9.89 Å². The van der Waals surface area contributed by atoms with Crippen molar-refractivity contribution in [2.24, 2.45) is 0 Å². The molecule has 0 spiro atoms. The maximum atomic E-state index is 11.7. The molecule has 1 saturated heterocycles. The fraction of sp³-hybridized carbons (Fsp3) is 0.333. The molecule has 8 nitrogen and oxygen atoms in total. The molecule has 0 aliphatic carbocycles. The van der Waals surface area contributed by atoms with Crippen molar-refractivity contribution in [3.8, 4) is 11.4 Å². The first-order chi connectivity index (χ1) is 14.6. The highest BCUT2D eigenvalue weighted by atomic mass is 32.1. The van der Waals surface area contributed by atoms with Crippen LogP contribution in [0.1, 0.15) is 11.8 Å². The van der Waals surface area contributed by atoms with Gasteiger partial charge in [0.2, 0.25) is 5.91 Å². The van der Waals surface area contributed by atoms with E-state index in [2.05, 4.69) is 21.2 Å². The number of thiophene rings is 1. The van der Waals surface area contributed by atoms with Crippen LogP contribution in [0.25, 0.3) is 32.5 Å². The molecule has 4 aromatic rings. The zero-order valence-electron chi connectivity index (χ0n) is 16.9. The number of fused-ring (bicyclic) bond motifs is 2.